The number of aryl methyl sites for hydroxylation is 2. The summed E-state index contributed by atoms with van der Waals surface area (Å²) in [6.07, 6.45) is 6.34. The fourth-order valence-electron chi connectivity index (χ4n) is 4.59. The molecule has 0 bridgehead atoms. The van der Waals surface area contributed by atoms with E-state index in [0.717, 1.165) is 44.2 Å². The van der Waals surface area contributed by atoms with Crippen LogP contribution in [0.1, 0.15) is 62.8 Å². The molecule has 4 rings (SSSR count). The van der Waals surface area contributed by atoms with Crippen molar-refractivity contribution in [2.45, 2.75) is 77.0 Å². The molecular formula is C23H31N5O5. The van der Waals surface area contributed by atoms with Crippen LogP contribution in [0.15, 0.2) is 12.1 Å². The number of nitrogens with zero attached hydrogens (tertiary/aromatic N) is 4. The molecule has 0 saturated heterocycles. The number of hydrogen-bond acceptors (Lipinski definition) is 7. The number of nitrogens with one attached hydrogen (secondary N) is 1. The number of carboxylic acids is 1. The standard InChI is InChI=1S/C23H31N5O5/c1-14-20(32-17-9-5-6-15(12-17)22(29)30)11-10-18(25-14)21-19(28(2)27-26-21)13-24-23(31)33-16-7-3-4-8-16/h10-11,15-17H,3-9,12-13H2,1-2H3,(H,24,31)(H,29,30). The Bertz CT molecular complexity index is 1000. The minimum atomic E-state index is -0.760. The van der Waals surface area contributed by atoms with E-state index < -0.39 is 12.1 Å². The Morgan fingerprint density at radius 3 is 2.64 bits per heavy atom. The van der Waals surface area contributed by atoms with Crippen molar-refractivity contribution in [2.24, 2.45) is 13.0 Å². The van der Waals surface area contributed by atoms with E-state index >= 15 is 0 Å². The molecule has 0 aromatic carbocycles. The Kier molecular flexibility index (Phi) is 7.10. The van der Waals surface area contributed by atoms with Crippen molar-refractivity contribution in [1.29, 1.82) is 0 Å². The Morgan fingerprint density at radius 2 is 1.91 bits per heavy atom. The number of pyridine rings is 1. The van der Waals surface area contributed by atoms with Crippen LogP contribution in [0.5, 0.6) is 5.75 Å². The molecule has 2 aliphatic carbocycles. The number of hydrogen-bond donors (Lipinski definition) is 2. The molecule has 2 N–H and O–H groups in total. The number of aromatic nitrogens is 4. The molecular weight excluding hydrogens is 426 g/mol. The molecule has 33 heavy (non-hydrogen) atoms. The van der Waals surface area contributed by atoms with Gasteiger partial charge in [0.2, 0.25) is 0 Å². The van der Waals surface area contributed by atoms with Gasteiger partial charge in [-0.25, -0.2) is 14.5 Å². The molecule has 0 aliphatic heterocycles. The second kappa shape index (κ2) is 10.2. The molecule has 2 unspecified atom stereocenters. The van der Waals surface area contributed by atoms with Crippen molar-refractivity contribution in [3.05, 3.63) is 23.5 Å². The maximum atomic E-state index is 12.2. The molecule has 2 atom stereocenters. The number of carboxylic acid groups (broad SMARTS) is 1. The summed E-state index contributed by atoms with van der Waals surface area (Å²) in [5.74, 6) is -0.478. The third-order valence-corrected chi connectivity index (χ3v) is 6.47. The molecule has 0 radical (unpaired) electrons. The first-order valence-electron chi connectivity index (χ1n) is 11.6. The third kappa shape index (κ3) is 5.61. The zero-order valence-corrected chi connectivity index (χ0v) is 19.1. The molecule has 2 saturated carbocycles. The van der Waals surface area contributed by atoms with Gasteiger partial charge in [-0.15, -0.1) is 5.10 Å². The van der Waals surface area contributed by atoms with Crippen LogP contribution in [0, 0.1) is 12.8 Å². The van der Waals surface area contributed by atoms with Crippen LogP contribution in [0.3, 0.4) is 0 Å². The minimum Gasteiger partial charge on any atom is -0.489 e. The lowest BCUT2D eigenvalue weighted by atomic mass is 9.87. The van der Waals surface area contributed by atoms with E-state index in [1.54, 1.807) is 11.7 Å². The van der Waals surface area contributed by atoms with Crippen LogP contribution < -0.4 is 10.1 Å². The maximum absolute atomic E-state index is 12.2. The predicted molar refractivity (Wildman–Crippen MR) is 119 cm³/mol. The molecule has 2 aromatic rings. The first-order chi connectivity index (χ1) is 15.9. The van der Waals surface area contributed by atoms with Gasteiger partial charge in [0.15, 0.2) is 0 Å². The van der Waals surface area contributed by atoms with Crippen LogP contribution >= 0.6 is 0 Å². The highest BCUT2D eigenvalue weighted by molar-refractivity contribution is 5.70. The van der Waals surface area contributed by atoms with E-state index in [1.807, 2.05) is 19.1 Å². The number of ether oxygens (including phenoxy) is 2. The number of alkyl carbamates (subject to hydrolysis) is 1. The Hall–Kier alpha value is -3.17. The van der Waals surface area contributed by atoms with Crippen LogP contribution in [0.2, 0.25) is 0 Å². The second-order valence-corrected chi connectivity index (χ2v) is 8.90. The number of carbonyl (C=O) groups is 2. The van der Waals surface area contributed by atoms with E-state index in [1.165, 1.54) is 0 Å². The highest BCUT2D eigenvalue weighted by Gasteiger charge is 2.28. The highest BCUT2D eigenvalue weighted by atomic mass is 16.6. The summed E-state index contributed by atoms with van der Waals surface area (Å²) in [5, 5.41) is 20.4. The molecule has 178 valence electrons. The Morgan fingerprint density at radius 1 is 1.15 bits per heavy atom. The molecule has 2 aliphatic rings. The van der Waals surface area contributed by atoms with Crippen molar-refractivity contribution in [3.8, 4) is 17.1 Å². The van der Waals surface area contributed by atoms with Gasteiger partial charge in [-0.2, -0.15) is 0 Å². The first-order valence-corrected chi connectivity index (χ1v) is 11.6. The van der Waals surface area contributed by atoms with E-state index in [0.29, 0.717) is 35.7 Å². The van der Waals surface area contributed by atoms with Crippen molar-refractivity contribution >= 4 is 12.1 Å². The summed E-state index contributed by atoms with van der Waals surface area (Å²) in [7, 11) is 1.77. The summed E-state index contributed by atoms with van der Waals surface area (Å²) in [5.41, 5.74) is 2.61. The fraction of sp³-hybridized carbons (Fsp3) is 0.609. The van der Waals surface area contributed by atoms with Gasteiger partial charge in [0.05, 0.1) is 35.6 Å². The Labute approximate surface area is 192 Å². The lowest BCUT2D eigenvalue weighted by Crippen LogP contribution is -2.29. The quantitative estimate of drug-likeness (QED) is 0.647. The van der Waals surface area contributed by atoms with Gasteiger partial charge >= 0.3 is 12.1 Å². The highest BCUT2D eigenvalue weighted by Crippen LogP contribution is 2.30. The lowest BCUT2D eigenvalue weighted by molar-refractivity contribution is -0.143. The van der Waals surface area contributed by atoms with Crippen LogP contribution in [-0.2, 0) is 23.1 Å². The molecule has 10 nitrogen and oxygen atoms in total. The monoisotopic (exact) mass is 457 g/mol. The number of carbonyl (C=O) groups excluding carboxylic acids is 1. The number of rotatable bonds is 7. The molecule has 2 heterocycles. The maximum Gasteiger partial charge on any atom is 0.407 e. The van der Waals surface area contributed by atoms with E-state index in [-0.39, 0.29) is 24.7 Å². The second-order valence-electron chi connectivity index (χ2n) is 8.90. The van der Waals surface area contributed by atoms with Gasteiger partial charge in [-0.05, 0) is 70.4 Å². The molecule has 1 amide bonds. The average molecular weight is 458 g/mol. The summed E-state index contributed by atoms with van der Waals surface area (Å²) >= 11 is 0. The summed E-state index contributed by atoms with van der Waals surface area (Å²) < 4.78 is 13.2. The summed E-state index contributed by atoms with van der Waals surface area (Å²) in [6.45, 7) is 2.08. The van der Waals surface area contributed by atoms with E-state index in [4.69, 9.17) is 9.47 Å². The minimum absolute atomic E-state index is 0.000866. The van der Waals surface area contributed by atoms with E-state index in [9.17, 15) is 14.7 Å². The largest absolute Gasteiger partial charge is 0.489 e. The smallest absolute Gasteiger partial charge is 0.407 e. The van der Waals surface area contributed by atoms with Crippen LogP contribution in [0.25, 0.3) is 11.4 Å². The third-order valence-electron chi connectivity index (χ3n) is 6.47. The topological polar surface area (TPSA) is 128 Å². The molecule has 10 heteroatoms. The van der Waals surface area contributed by atoms with Crippen molar-refractivity contribution in [2.75, 3.05) is 0 Å². The van der Waals surface area contributed by atoms with Crippen molar-refractivity contribution in [3.63, 3.8) is 0 Å². The van der Waals surface area contributed by atoms with Gasteiger partial charge in [-0.1, -0.05) is 5.21 Å². The van der Waals surface area contributed by atoms with Crippen molar-refractivity contribution < 1.29 is 24.2 Å². The zero-order valence-electron chi connectivity index (χ0n) is 19.1. The average Bonchev–Trinajstić information content (AvgIpc) is 3.43. The summed E-state index contributed by atoms with van der Waals surface area (Å²) in [4.78, 5) is 28.1. The van der Waals surface area contributed by atoms with Gasteiger partial charge in [0.1, 0.15) is 17.5 Å². The Balaban J connectivity index is 1.41. The van der Waals surface area contributed by atoms with Crippen LogP contribution in [-0.4, -0.2) is 49.4 Å². The summed E-state index contributed by atoms with van der Waals surface area (Å²) in [6, 6.07) is 3.65. The molecule has 0 spiro atoms. The number of amides is 1. The van der Waals surface area contributed by atoms with Gasteiger partial charge in [0, 0.05) is 7.05 Å². The first kappa shape index (κ1) is 23.0. The lowest BCUT2D eigenvalue weighted by Gasteiger charge is -2.27. The van der Waals surface area contributed by atoms with Crippen LogP contribution in [0.4, 0.5) is 4.79 Å². The van der Waals surface area contributed by atoms with E-state index in [2.05, 4.69) is 20.6 Å². The molecule has 2 aromatic heterocycles. The number of aliphatic carboxylic acids is 1. The zero-order chi connectivity index (χ0) is 23.4. The normalized spacial score (nSPS) is 21.0. The molecule has 2 fully saturated rings. The predicted octanol–water partition coefficient (Wildman–Crippen LogP) is 3.38. The van der Waals surface area contributed by atoms with Gasteiger partial charge in [0.25, 0.3) is 0 Å². The fourth-order valence-corrected chi connectivity index (χ4v) is 4.59. The SMILES string of the molecule is Cc1nc(-c2nnn(C)c2CNC(=O)OC2CCCC2)ccc1OC1CCCC(C(=O)O)C1. The van der Waals surface area contributed by atoms with Gasteiger partial charge in [-0.3, -0.25) is 4.79 Å². The van der Waals surface area contributed by atoms with Crippen molar-refractivity contribution in [1.82, 2.24) is 25.3 Å². The van der Waals surface area contributed by atoms with Gasteiger partial charge < -0.3 is 19.9 Å².